The van der Waals surface area contributed by atoms with Crippen molar-refractivity contribution in [3.8, 4) is 5.75 Å². The van der Waals surface area contributed by atoms with E-state index < -0.39 is 0 Å². The maximum atomic E-state index is 12.3. The third kappa shape index (κ3) is 4.86. The van der Waals surface area contributed by atoms with E-state index in [0.717, 1.165) is 11.1 Å². The maximum absolute atomic E-state index is 12.3. The molecule has 3 aromatic rings. The first-order valence-electron chi connectivity index (χ1n) is 7.95. The third-order valence-corrected chi connectivity index (χ3v) is 4.85. The molecule has 3 rings (SSSR count). The monoisotopic (exact) mass is 388 g/mol. The number of hydrogen-bond donors (Lipinski definition) is 0. The van der Waals surface area contributed by atoms with Gasteiger partial charge in [0.2, 0.25) is 0 Å². The number of Topliss-reactive ketones (excluding diaryl/α,β-unsaturated/α-hetero) is 1. The number of benzene rings is 2. The second-order valence-corrected chi connectivity index (χ2v) is 7.08. The van der Waals surface area contributed by atoms with Gasteiger partial charge in [-0.25, -0.2) is 0 Å². The van der Waals surface area contributed by atoms with Crippen LogP contribution in [-0.4, -0.2) is 21.7 Å². The minimum absolute atomic E-state index is 0.0234. The Morgan fingerprint density at radius 3 is 2.62 bits per heavy atom. The molecule has 0 saturated heterocycles. The minimum atomic E-state index is 0.0234. The Morgan fingerprint density at radius 2 is 1.88 bits per heavy atom. The molecule has 0 saturated carbocycles. The number of carbonyl (C=O) groups excluding carboxylic acids is 1. The number of carbonyl (C=O) groups is 1. The van der Waals surface area contributed by atoms with Crippen LogP contribution in [0.25, 0.3) is 0 Å². The summed E-state index contributed by atoms with van der Waals surface area (Å²) in [5.41, 5.74) is 2.95. The molecular formula is C19H17ClN2O3S. The molecule has 0 bridgehead atoms. The Balaban J connectivity index is 1.52. The van der Waals surface area contributed by atoms with E-state index >= 15 is 0 Å². The highest BCUT2D eigenvalue weighted by Gasteiger charge is 2.12. The summed E-state index contributed by atoms with van der Waals surface area (Å²) in [4.78, 5) is 12.3. The van der Waals surface area contributed by atoms with Gasteiger partial charge in [-0.2, -0.15) is 0 Å². The Bertz CT molecular complexity index is 909. The van der Waals surface area contributed by atoms with Crippen molar-refractivity contribution in [1.29, 1.82) is 0 Å². The van der Waals surface area contributed by atoms with Crippen molar-refractivity contribution >= 4 is 29.1 Å². The Kier molecular flexibility index (Phi) is 5.96. The Hall–Kier alpha value is -2.31. The molecule has 0 aliphatic heterocycles. The Labute approximate surface area is 160 Å². The van der Waals surface area contributed by atoms with Gasteiger partial charge in [-0.3, -0.25) is 4.79 Å². The van der Waals surface area contributed by atoms with Crippen molar-refractivity contribution in [1.82, 2.24) is 10.2 Å². The molecule has 5 nitrogen and oxygen atoms in total. The standard InChI is InChI=1S/C19H17ClN2O3S/c1-12-3-4-14(9-13(12)2)17(23)11-26-19-22-21-18(25-19)10-24-16-7-5-15(20)6-8-16/h3-9H,10-11H2,1-2H3. The fourth-order valence-electron chi connectivity index (χ4n) is 2.16. The molecule has 134 valence electrons. The highest BCUT2D eigenvalue weighted by atomic mass is 35.5. The number of ether oxygens (including phenoxy) is 1. The second kappa shape index (κ2) is 8.38. The zero-order valence-corrected chi connectivity index (χ0v) is 15.9. The summed E-state index contributed by atoms with van der Waals surface area (Å²) < 4.78 is 11.0. The molecule has 0 spiro atoms. The number of halogens is 1. The van der Waals surface area contributed by atoms with E-state index in [9.17, 15) is 4.79 Å². The van der Waals surface area contributed by atoms with Crippen LogP contribution in [0.3, 0.4) is 0 Å². The van der Waals surface area contributed by atoms with E-state index in [2.05, 4.69) is 10.2 Å². The molecule has 0 fully saturated rings. The fourth-order valence-corrected chi connectivity index (χ4v) is 2.96. The van der Waals surface area contributed by atoms with Crippen molar-refractivity contribution in [2.24, 2.45) is 0 Å². The van der Waals surface area contributed by atoms with Gasteiger partial charge < -0.3 is 9.15 Å². The van der Waals surface area contributed by atoms with Crippen molar-refractivity contribution in [2.45, 2.75) is 25.7 Å². The number of ketones is 1. The molecule has 1 heterocycles. The van der Waals surface area contributed by atoms with E-state index in [1.54, 1.807) is 24.3 Å². The van der Waals surface area contributed by atoms with Crippen molar-refractivity contribution in [3.63, 3.8) is 0 Å². The summed E-state index contributed by atoms with van der Waals surface area (Å²) in [6.07, 6.45) is 0. The molecule has 0 aliphatic carbocycles. The molecule has 26 heavy (non-hydrogen) atoms. The Morgan fingerprint density at radius 1 is 1.12 bits per heavy atom. The molecule has 7 heteroatoms. The van der Waals surface area contributed by atoms with Crippen LogP contribution >= 0.6 is 23.4 Å². The van der Waals surface area contributed by atoms with E-state index in [0.29, 0.717) is 27.4 Å². The lowest BCUT2D eigenvalue weighted by atomic mass is 10.0. The van der Waals surface area contributed by atoms with Crippen LogP contribution in [0, 0.1) is 13.8 Å². The second-order valence-electron chi connectivity index (χ2n) is 5.72. The van der Waals surface area contributed by atoms with Crippen molar-refractivity contribution in [3.05, 3.63) is 70.1 Å². The molecule has 0 atom stereocenters. The van der Waals surface area contributed by atoms with Gasteiger partial charge in [-0.05, 0) is 55.3 Å². The highest BCUT2D eigenvalue weighted by Crippen LogP contribution is 2.20. The van der Waals surface area contributed by atoms with E-state index in [1.165, 1.54) is 11.8 Å². The number of aryl methyl sites for hydroxylation is 2. The minimum Gasteiger partial charge on any atom is -0.484 e. The summed E-state index contributed by atoms with van der Waals surface area (Å²) >= 11 is 7.04. The largest absolute Gasteiger partial charge is 0.484 e. The molecule has 0 N–H and O–H groups in total. The van der Waals surface area contributed by atoms with Crippen LogP contribution < -0.4 is 4.74 Å². The number of thioether (sulfide) groups is 1. The lowest BCUT2D eigenvalue weighted by Crippen LogP contribution is -2.03. The normalized spacial score (nSPS) is 10.7. The molecule has 0 amide bonds. The summed E-state index contributed by atoms with van der Waals surface area (Å²) in [6, 6.07) is 12.7. The summed E-state index contributed by atoms with van der Waals surface area (Å²) in [7, 11) is 0. The molecular weight excluding hydrogens is 372 g/mol. The lowest BCUT2D eigenvalue weighted by Gasteiger charge is -2.03. The molecule has 2 aromatic carbocycles. The van der Waals surface area contributed by atoms with Crippen LogP contribution in [0.2, 0.25) is 5.02 Å². The van der Waals surface area contributed by atoms with Gasteiger partial charge in [0.05, 0.1) is 5.75 Å². The number of aromatic nitrogens is 2. The molecule has 0 unspecified atom stereocenters. The number of nitrogens with zero attached hydrogens (tertiary/aromatic N) is 2. The van der Waals surface area contributed by atoms with Crippen LogP contribution in [0.15, 0.2) is 52.1 Å². The topological polar surface area (TPSA) is 65.2 Å². The maximum Gasteiger partial charge on any atom is 0.277 e. The predicted octanol–water partition coefficient (Wildman–Crippen LogP) is 4.89. The first-order valence-corrected chi connectivity index (χ1v) is 9.31. The number of hydrogen-bond acceptors (Lipinski definition) is 6. The third-order valence-electron chi connectivity index (χ3n) is 3.78. The van der Waals surface area contributed by atoms with E-state index in [1.807, 2.05) is 32.0 Å². The fraction of sp³-hybridized carbons (Fsp3) is 0.211. The molecule has 0 radical (unpaired) electrons. The van der Waals surface area contributed by atoms with Crippen molar-refractivity contribution in [2.75, 3.05) is 5.75 Å². The average Bonchev–Trinajstić information content (AvgIpc) is 3.09. The first kappa shape index (κ1) is 18.5. The molecule has 1 aromatic heterocycles. The SMILES string of the molecule is Cc1ccc(C(=O)CSc2nnc(COc3ccc(Cl)cc3)o2)cc1C. The average molecular weight is 389 g/mol. The molecule has 0 aliphatic rings. The quantitative estimate of drug-likeness (QED) is 0.424. The summed E-state index contributed by atoms with van der Waals surface area (Å²) in [5, 5.41) is 8.84. The smallest absolute Gasteiger partial charge is 0.277 e. The zero-order chi connectivity index (χ0) is 18.5. The summed E-state index contributed by atoms with van der Waals surface area (Å²) in [5.74, 6) is 1.27. The van der Waals surface area contributed by atoms with Gasteiger partial charge in [-0.15, -0.1) is 10.2 Å². The predicted molar refractivity (Wildman–Crippen MR) is 101 cm³/mol. The van der Waals surface area contributed by atoms with Gasteiger partial charge in [0.1, 0.15) is 5.75 Å². The van der Waals surface area contributed by atoms with Crippen molar-refractivity contribution < 1.29 is 13.9 Å². The zero-order valence-electron chi connectivity index (χ0n) is 14.4. The first-order chi connectivity index (χ1) is 12.5. The van der Waals surface area contributed by atoms with Gasteiger partial charge >= 0.3 is 0 Å². The van der Waals surface area contributed by atoms with E-state index in [-0.39, 0.29) is 18.1 Å². The summed E-state index contributed by atoms with van der Waals surface area (Å²) in [6.45, 7) is 4.16. The lowest BCUT2D eigenvalue weighted by molar-refractivity contribution is 0.102. The van der Waals surface area contributed by atoms with Crippen LogP contribution in [0.4, 0.5) is 0 Å². The van der Waals surface area contributed by atoms with E-state index in [4.69, 9.17) is 20.8 Å². The van der Waals surface area contributed by atoms with Gasteiger partial charge in [0, 0.05) is 10.6 Å². The van der Waals surface area contributed by atoms with Gasteiger partial charge in [0.25, 0.3) is 11.1 Å². The van der Waals surface area contributed by atoms with Crippen LogP contribution in [0.5, 0.6) is 5.75 Å². The van der Waals surface area contributed by atoms with Crippen LogP contribution in [0.1, 0.15) is 27.4 Å². The number of rotatable bonds is 7. The van der Waals surface area contributed by atoms with Crippen LogP contribution in [-0.2, 0) is 6.61 Å². The van der Waals surface area contributed by atoms with Gasteiger partial charge in [-0.1, -0.05) is 35.5 Å². The highest BCUT2D eigenvalue weighted by molar-refractivity contribution is 7.99. The van der Waals surface area contributed by atoms with Gasteiger partial charge in [0.15, 0.2) is 12.4 Å².